The van der Waals surface area contributed by atoms with Crippen molar-refractivity contribution in [1.82, 2.24) is 5.32 Å². The smallest absolute Gasteiger partial charge is 0.0344 e. The summed E-state index contributed by atoms with van der Waals surface area (Å²) >= 11 is 5.37. The largest absolute Gasteiger partial charge is 0.310 e. The first-order valence-corrected chi connectivity index (χ1v) is 7.12. The van der Waals surface area contributed by atoms with Crippen molar-refractivity contribution in [2.24, 2.45) is 5.41 Å². The Balaban J connectivity index is 2.79. The molecule has 1 aromatic rings. The Hall–Kier alpha value is 0.140. The fourth-order valence-corrected chi connectivity index (χ4v) is 3.32. The molecule has 0 saturated carbocycles. The lowest BCUT2D eigenvalue weighted by Gasteiger charge is -2.26. The van der Waals surface area contributed by atoms with Crippen molar-refractivity contribution in [2.45, 2.75) is 40.2 Å². The van der Waals surface area contributed by atoms with Crippen LogP contribution in [0.1, 0.15) is 45.7 Å². The minimum absolute atomic E-state index is 0.355. The van der Waals surface area contributed by atoms with E-state index in [-0.39, 0.29) is 0 Å². The second-order valence-electron chi connectivity index (χ2n) is 5.05. The highest BCUT2D eigenvalue weighted by molar-refractivity contribution is 9.10. The van der Waals surface area contributed by atoms with Gasteiger partial charge >= 0.3 is 0 Å². The van der Waals surface area contributed by atoms with Crippen molar-refractivity contribution < 1.29 is 0 Å². The quantitative estimate of drug-likeness (QED) is 0.854. The Bertz CT molecular complexity index is 301. The summed E-state index contributed by atoms with van der Waals surface area (Å²) in [6, 6.07) is 0.468. The molecule has 0 radical (unpaired) electrons. The summed E-state index contributed by atoms with van der Waals surface area (Å²) in [5, 5.41) is 7.95. The van der Waals surface area contributed by atoms with E-state index < -0.39 is 0 Å². The van der Waals surface area contributed by atoms with E-state index in [0.717, 1.165) is 13.0 Å². The number of rotatable bonds is 4. The molecule has 1 aromatic heterocycles. The molecule has 1 nitrogen and oxygen atoms in total. The van der Waals surface area contributed by atoms with Crippen LogP contribution in [0.4, 0.5) is 0 Å². The lowest BCUT2D eigenvalue weighted by atomic mass is 9.86. The van der Waals surface area contributed by atoms with E-state index in [4.69, 9.17) is 0 Å². The van der Waals surface area contributed by atoms with Crippen molar-refractivity contribution in [3.05, 3.63) is 20.8 Å². The first-order valence-electron chi connectivity index (χ1n) is 5.39. The molecule has 0 aliphatic rings. The van der Waals surface area contributed by atoms with Crippen molar-refractivity contribution in [3.8, 4) is 0 Å². The molecule has 0 saturated heterocycles. The van der Waals surface area contributed by atoms with E-state index in [1.807, 2.05) is 0 Å². The Morgan fingerprint density at radius 2 is 2.07 bits per heavy atom. The van der Waals surface area contributed by atoms with E-state index in [2.05, 4.69) is 59.7 Å². The maximum absolute atomic E-state index is 3.61. The van der Waals surface area contributed by atoms with Crippen LogP contribution >= 0.6 is 27.3 Å². The highest BCUT2D eigenvalue weighted by Gasteiger charge is 2.21. The summed E-state index contributed by atoms with van der Waals surface area (Å²) in [5.74, 6) is 0. The normalized spacial score (nSPS) is 14.2. The number of thiophene rings is 1. The van der Waals surface area contributed by atoms with Gasteiger partial charge in [0.1, 0.15) is 0 Å². The van der Waals surface area contributed by atoms with Gasteiger partial charge in [-0.15, -0.1) is 0 Å². The van der Waals surface area contributed by atoms with Crippen molar-refractivity contribution in [1.29, 1.82) is 0 Å². The van der Waals surface area contributed by atoms with Gasteiger partial charge in [0, 0.05) is 15.9 Å². The van der Waals surface area contributed by atoms with E-state index in [1.165, 1.54) is 10.0 Å². The van der Waals surface area contributed by atoms with Crippen LogP contribution in [-0.4, -0.2) is 6.54 Å². The number of hydrogen-bond donors (Lipinski definition) is 1. The molecule has 1 N–H and O–H groups in total. The summed E-state index contributed by atoms with van der Waals surface area (Å²) in [4.78, 5) is 0. The molecule has 0 amide bonds. The summed E-state index contributed by atoms with van der Waals surface area (Å²) in [7, 11) is 0. The molecule has 0 aliphatic carbocycles. The van der Waals surface area contributed by atoms with E-state index in [9.17, 15) is 0 Å². The predicted molar refractivity (Wildman–Crippen MR) is 72.5 cm³/mol. The topological polar surface area (TPSA) is 12.0 Å². The summed E-state index contributed by atoms with van der Waals surface area (Å²) in [6.45, 7) is 10.0. The maximum atomic E-state index is 3.61. The van der Waals surface area contributed by atoms with Crippen molar-refractivity contribution in [3.63, 3.8) is 0 Å². The van der Waals surface area contributed by atoms with Gasteiger partial charge in [-0.1, -0.05) is 27.7 Å². The first kappa shape index (κ1) is 13.2. The zero-order valence-corrected chi connectivity index (χ0v) is 12.3. The predicted octanol–water partition coefficient (Wildman–Crippen LogP) is 4.60. The molecular formula is C12H20BrNS. The second kappa shape index (κ2) is 5.46. The van der Waals surface area contributed by atoms with Gasteiger partial charge in [-0.3, -0.25) is 0 Å². The minimum Gasteiger partial charge on any atom is -0.310 e. The van der Waals surface area contributed by atoms with E-state index in [0.29, 0.717) is 11.5 Å². The molecule has 1 unspecified atom stereocenters. The highest BCUT2D eigenvalue weighted by atomic mass is 79.9. The molecule has 86 valence electrons. The van der Waals surface area contributed by atoms with E-state index in [1.54, 1.807) is 11.3 Å². The number of halogens is 1. The molecule has 1 rings (SSSR count). The van der Waals surface area contributed by atoms with E-state index >= 15 is 0 Å². The van der Waals surface area contributed by atoms with Crippen LogP contribution in [0, 0.1) is 5.41 Å². The SMILES string of the molecule is CCNC(CC(C)(C)C)c1cscc1Br. The van der Waals surface area contributed by atoms with Crippen LogP contribution in [0.25, 0.3) is 0 Å². The monoisotopic (exact) mass is 289 g/mol. The highest BCUT2D eigenvalue weighted by Crippen LogP contribution is 2.34. The first-order chi connectivity index (χ1) is 6.94. The molecule has 0 aromatic carbocycles. The Kier molecular flexibility index (Phi) is 4.81. The summed E-state index contributed by atoms with van der Waals surface area (Å²) in [5.41, 5.74) is 1.76. The fourth-order valence-electron chi connectivity index (χ4n) is 1.69. The molecule has 0 spiro atoms. The van der Waals surface area contributed by atoms with Crippen LogP contribution in [0.15, 0.2) is 15.2 Å². The molecule has 1 heterocycles. The van der Waals surface area contributed by atoms with Gasteiger partial charge in [0.25, 0.3) is 0 Å². The average molecular weight is 290 g/mol. The Morgan fingerprint density at radius 1 is 1.40 bits per heavy atom. The van der Waals surface area contributed by atoms with Crippen LogP contribution in [0.3, 0.4) is 0 Å². The van der Waals surface area contributed by atoms with Crippen LogP contribution in [0.5, 0.6) is 0 Å². The standard InChI is InChI=1S/C12H20BrNS/c1-5-14-11(6-12(2,3)4)9-7-15-8-10(9)13/h7-8,11,14H,5-6H2,1-4H3. The average Bonchev–Trinajstić information content (AvgIpc) is 2.48. The van der Waals surface area contributed by atoms with Crippen molar-refractivity contribution >= 4 is 27.3 Å². The summed E-state index contributed by atoms with van der Waals surface area (Å²) < 4.78 is 1.24. The lowest BCUT2D eigenvalue weighted by molar-refractivity contribution is 0.314. The summed E-state index contributed by atoms with van der Waals surface area (Å²) in [6.07, 6.45) is 1.16. The third-order valence-electron chi connectivity index (χ3n) is 2.28. The zero-order chi connectivity index (χ0) is 11.5. The third-order valence-corrected chi connectivity index (χ3v) is 4.04. The molecule has 3 heteroatoms. The molecular weight excluding hydrogens is 270 g/mol. The van der Waals surface area contributed by atoms with Gasteiger partial charge in [0.2, 0.25) is 0 Å². The lowest BCUT2D eigenvalue weighted by Crippen LogP contribution is -2.25. The Labute approximate surface area is 105 Å². The minimum atomic E-state index is 0.355. The van der Waals surface area contributed by atoms with Gasteiger partial charge in [0.15, 0.2) is 0 Å². The van der Waals surface area contributed by atoms with Gasteiger partial charge in [-0.05, 0) is 45.3 Å². The Morgan fingerprint density at radius 3 is 2.47 bits per heavy atom. The molecule has 1 atom stereocenters. The van der Waals surface area contributed by atoms with Crippen molar-refractivity contribution in [2.75, 3.05) is 6.54 Å². The third kappa shape index (κ3) is 4.25. The van der Waals surface area contributed by atoms with Gasteiger partial charge in [-0.2, -0.15) is 11.3 Å². The number of nitrogens with one attached hydrogen (secondary N) is 1. The maximum Gasteiger partial charge on any atom is 0.0344 e. The zero-order valence-electron chi connectivity index (χ0n) is 9.93. The molecule has 0 bridgehead atoms. The molecule has 0 aliphatic heterocycles. The van der Waals surface area contributed by atoms with Crippen LogP contribution in [0.2, 0.25) is 0 Å². The van der Waals surface area contributed by atoms with Gasteiger partial charge < -0.3 is 5.32 Å². The number of hydrogen-bond acceptors (Lipinski definition) is 2. The second-order valence-corrected chi connectivity index (χ2v) is 6.65. The van der Waals surface area contributed by atoms with Gasteiger partial charge in [-0.25, -0.2) is 0 Å². The van der Waals surface area contributed by atoms with Crippen LogP contribution in [-0.2, 0) is 0 Å². The fraction of sp³-hybridized carbons (Fsp3) is 0.667. The molecule has 15 heavy (non-hydrogen) atoms. The van der Waals surface area contributed by atoms with Gasteiger partial charge in [0.05, 0.1) is 0 Å². The van der Waals surface area contributed by atoms with Crippen LogP contribution < -0.4 is 5.32 Å². The molecule has 0 fully saturated rings.